The Hall–Kier alpha value is -1.65. The van der Waals surface area contributed by atoms with Crippen molar-refractivity contribution in [3.05, 3.63) is 58.9 Å². The lowest BCUT2D eigenvalue weighted by atomic mass is 10.2. The summed E-state index contributed by atoms with van der Waals surface area (Å²) >= 11 is 10.7. The van der Waals surface area contributed by atoms with E-state index in [9.17, 15) is 4.39 Å². The van der Waals surface area contributed by atoms with Crippen LogP contribution < -0.4 is 10.5 Å². The third-order valence-electron chi connectivity index (χ3n) is 2.27. The Bertz CT molecular complexity index is 603. The maximum absolute atomic E-state index is 13.7. The molecule has 0 aliphatic heterocycles. The van der Waals surface area contributed by atoms with Crippen LogP contribution in [0.25, 0.3) is 0 Å². The molecule has 0 fully saturated rings. The van der Waals surface area contributed by atoms with Gasteiger partial charge in [-0.3, -0.25) is 0 Å². The van der Waals surface area contributed by atoms with Gasteiger partial charge in [0.05, 0.1) is 5.02 Å². The standard InChI is InChI=1S/C13H9ClFNOS/c14-9-3-1-2-4-11(9)17-12-6-5-8(13(16)18)7-10(12)15/h1-7H,(H2,16,18). The molecule has 92 valence electrons. The van der Waals surface area contributed by atoms with Crippen molar-refractivity contribution in [3.63, 3.8) is 0 Å². The summed E-state index contributed by atoms with van der Waals surface area (Å²) in [6.45, 7) is 0. The Morgan fingerprint density at radius 2 is 1.89 bits per heavy atom. The quantitative estimate of drug-likeness (QED) is 0.867. The molecule has 0 unspecified atom stereocenters. The summed E-state index contributed by atoms with van der Waals surface area (Å²) in [5.41, 5.74) is 5.87. The van der Waals surface area contributed by atoms with E-state index in [1.807, 2.05) is 0 Å². The summed E-state index contributed by atoms with van der Waals surface area (Å²) in [6, 6.07) is 11.1. The molecule has 0 heterocycles. The highest BCUT2D eigenvalue weighted by Gasteiger charge is 2.09. The van der Waals surface area contributed by atoms with Crippen LogP contribution in [0.3, 0.4) is 0 Å². The second kappa shape index (κ2) is 5.33. The lowest BCUT2D eigenvalue weighted by molar-refractivity contribution is 0.442. The van der Waals surface area contributed by atoms with Crippen molar-refractivity contribution in [1.29, 1.82) is 0 Å². The molecule has 0 saturated heterocycles. The summed E-state index contributed by atoms with van der Waals surface area (Å²) in [5, 5.41) is 0.412. The first-order valence-electron chi connectivity index (χ1n) is 5.09. The maximum Gasteiger partial charge on any atom is 0.166 e. The van der Waals surface area contributed by atoms with Crippen molar-refractivity contribution in [2.45, 2.75) is 0 Å². The molecule has 2 aromatic rings. The molecule has 0 bridgehead atoms. The Balaban J connectivity index is 2.30. The monoisotopic (exact) mass is 281 g/mol. The van der Waals surface area contributed by atoms with Gasteiger partial charge in [0.25, 0.3) is 0 Å². The highest BCUT2D eigenvalue weighted by atomic mass is 35.5. The normalized spacial score (nSPS) is 10.1. The van der Waals surface area contributed by atoms with Gasteiger partial charge in [0.1, 0.15) is 10.7 Å². The summed E-state index contributed by atoms with van der Waals surface area (Å²) in [4.78, 5) is 0.137. The Labute approximate surface area is 114 Å². The van der Waals surface area contributed by atoms with E-state index >= 15 is 0 Å². The van der Waals surface area contributed by atoms with Crippen LogP contribution >= 0.6 is 23.8 Å². The summed E-state index contributed by atoms with van der Waals surface area (Å²) in [6.07, 6.45) is 0. The topological polar surface area (TPSA) is 35.2 Å². The van der Waals surface area contributed by atoms with Gasteiger partial charge in [0.2, 0.25) is 0 Å². The number of ether oxygens (including phenoxy) is 1. The van der Waals surface area contributed by atoms with Crippen LogP contribution in [0.1, 0.15) is 5.56 Å². The van der Waals surface area contributed by atoms with Crippen LogP contribution in [0.15, 0.2) is 42.5 Å². The summed E-state index contributed by atoms with van der Waals surface area (Å²) < 4.78 is 19.1. The zero-order valence-corrected chi connectivity index (χ0v) is 10.8. The first-order valence-corrected chi connectivity index (χ1v) is 5.88. The number of hydrogen-bond donors (Lipinski definition) is 1. The van der Waals surface area contributed by atoms with Crippen molar-refractivity contribution in [2.75, 3.05) is 0 Å². The van der Waals surface area contributed by atoms with E-state index in [2.05, 4.69) is 0 Å². The van der Waals surface area contributed by atoms with Crippen LogP contribution in [0.2, 0.25) is 5.02 Å². The minimum Gasteiger partial charge on any atom is -0.453 e. The average molecular weight is 282 g/mol. The number of thiocarbonyl (C=S) groups is 1. The van der Waals surface area contributed by atoms with E-state index in [4.69, 9.17) is 34.3 Å². The van der Waals surface area contributed by atoms with Crippen LogP contribution in [-0.2, 0) is 0 Å². The van der Waals surface area contributed by atoms with E-state index < -0.39 is 5.82 Å². The molecule has 0 radical (unpaired) electrons. The second-order valence-electron chi connectivity index (χ2n) is 3.54. The van der Waals surface area contributed by atoms with E-state index in [0.717, 1.165) is 0 Å². The molecule has 2 rings (SSSR count). The fourth-order valence-electron chi connectivity index (χ4n) is 1.38. The van der Waals surface area contributed by atoms with E-state index in [-0.39, 0.29) is 10.7 Å². The van der Waals surface area contributed by atoms with Crippen molar-refractivity contribution in [1.82, 2.24) is 0 Å². The van der Waals surface area contributed by atoms with Crippen LogP contribution in [-0.4, -0.2) is 4.99 Å². The molecular weight excluding hydrogens is 273 g/mol. The average Bonchev–Trinajstić information content (AvgIpc) is 2.34. The SMILES string of the molecule is NC(=S)c1ccc(Oc2ccccc2Cl)c(F)c1. The zero-order valence-electron chi connectivity index (χ0n) is 9.19. The van der Waals surface area contributed by atoms with Gasteiger partial charge in [-0.2, -0.15) is 0 Å². The number of benzene rings is 2. The Kier molecular flexibility index (Phi) is 3.79. The van der Waals surface area contributed by atoms with Gasteiger partial charge in [-0.25, -0.2) is 4.39 Å². The number of rotatable bonds is 3. The van der Waals surface area contributed by atoms with Crippen LogP contribution in [0, 0.1) is 5.82 Å². The van der Waals surface area contributed by atoms with Gasteiger partial charge in [-0.15, -0.1) is 0 Å². The summed E-state index contributed by atoms with van der Waals surface area (Å²) in [7, 11) is 0. The predicted molar refractivity (Wildman–Crippen MR) is 73.8 cm³/mol. The molecule has 2 nitrogen and oxygen atoms in total. The number of hydrogen-bond acceptors (Lipinski definition) is 2. The van der Waals surface area contributed by atoms with Gasteiger partial charge in [0.15, 0.2) is 11.6 Å². The molecule has 0 spiro atoms. The zero-order chi connectivity index (χ0) is 13.1. The Morgan fingerprint density at radius 1 is 1.17 bits per heavy atom. The molecular formula is C13H9ClFNOS. The third-order valence-corrected chi connectivity index (χ3v) is 2.82. The number of halogens is 2. The molecule has 0 aliphatic rings. The van der Waals surface area contributed by atoms with Crippen molar-refractivity contribution in [3.8, 4) is 11.5 Å². The molecule has 0 aliphatic carbocycles. The minimum absolute atomic E-state index is 0.0723. The highest BCUT2D eigenvalue weighted by molar-refractivity contribution is 7.80. The van der Waals surface area contributed by atoms with Crippen LogP contribution in [0.4, 0.5) is 4.39 Å². The lowest BCUT2D eigenvalue weighted by Crippen LogP contribution is -2.09. The molecule has 2 aromatic carbocycles. The highest BCUT2D eigenvalue weighted by Crippen LogP contribution is 2.30. The van der Waals surface area contributed by atoms with Gasteiger partial charge in [0, 0.05) is 5.56 Å². The van der Waals surface area contributed by atoms with Crippen molar-refractivity contribution in [2.24, 2.45) is 5.73 Å². The predicted octanol–water partition coefficient (Wildman–Crippen LogP) is 3.91. The first kappa shape index (κ1) is 12.8. The molecule has 2 N–H and O–H groups in total. The molecule has 0 saturated carbocycles. The molecule has 0 aromatic heterocycles. The fourth-order valence-corrected chi connectivity index (χ4v) is 1.68. The van der Waals surface area contributed by atoms with E-state index in [0.29, 0.717) is 16.3 Å². The molecule has 5 heteroatoms. The van der Waals surface area contributed by atoms with Crippen molar-refractivity contribution < 1.29 is 9.13 Å². The van der Waals surface area contributed by atoms with E-state index in [1.54, 1.807) is 30.3 Å². The van der Waals surface area contributed by atoms with Crippen LogP contribution in [0.5, 0.6) is 11.5 Å². The van der Waals surface area contributed by atoms with Gasteiger partial charge in [-0.05, 0) is 30.3 Å². The largest absolute Gasteiger partial charge is 0.453 e. The first-order chi connectivity index (χ1) is 8.58. The minimum atomic E-state index is -0.541. The van der Waals surface area contributed by atoms with Gasteiger partial charge >= 0.3 is 0 Å². The maximum atomic E-state index is 13.7. The van der Waals surface area contributed by atoms with Crippen molar-refractivity contribution >= 4 is 28.8 Å². The van der Waals surface area contributed by atoms with Gasteiger partial charge < -0.3 is 10.5 Å². The second-order valence-corrected chi connectivity index (χ2v) is 4.39. The molecule has 0 atom stereocenters. The van der Waals surface area contributed by atoms with E-state index in [1.165, 1.54) is 12.1 Å². The lowest BCUT2D eigenvalue weighted by Gasteiger charge is -2.09. The molecule has 18 heavy (non-hydrogen) atoms. The number of para-hydroxylation sites is 1. The summed E-state index contributed by atoms with van der Waals surface area (Å²) in [5.74, 6) is -0.0792. The third kappa shape index (κ3) is 2.78. The Morgan fingerprint density at radius 3 is 2.50 bits per heavy atom. The van der Waals surface area contributed by atoms with Gasteiger partial charge in [-0.1, -0.05) is 36.0 Å². The fraction of sp³-hybridized carbons (Fsp3) is 0. The smallest absolute Gasteiger partial charge is 0.166 e. The molecule has 0 amide bonds. The number of nitrogens with two attached hydrogens (primary N) is 1.